The molecule has 0 bridgehead atoms. The lowest BCUT2D eigenvalue weighted by atomic mass is 10.1. The molecule has 0 saturated carbocycles. The van der Waals surface area contributed by atoms with Crippen molar-refractivity contribution in [2.75, 3.05) is 46.6 Å². The molecule has 28 heavy (non-hydrogen) atoms. The van der Waals surface area contributed by atoms with E-state index in [9.17, 15) is 0 Å². The van der Waals surface area contributed by atoms with Gasteiger partial charge in [-0.05, 0) is 74.4 Å². The van der Waals surface area contributed by atoms with Gasteiger partial charge >= 0.3 is 0 Å². The van der Waals surface area contributed by atoms with E-state index in [-0.39, 0.29) is 30.0 Å². The molecule has 2 atom stereocenters. The highest BCUT2D eigenvalue weighted by Gasteiger charge is 2.23. The van der Waals surface area contributed by atoms with Crippen LogP contribution in [0.1, 0.15) is 67.7 Å². The predicted molar refractivity (Wildman–Crippen MR) is 115 cm³/mol. The van der Waals surface area contributed by atoms with Crippen LogP contribution in [0.4, 0.5) is 0 Å². The Labute approximate surface area is 174 Å². The largest absolute Gasteiger partial charge is 0.379 e. The van der Waals surface area contributed by atoms with Crippen molar-refractivity contribution in [2.45, 2.75) is 97.7 Å². The van der Waals surface area contributed by atoms with E-state index in [0.29, 0.717) is 33.0 Å². The second-order valence-corrected chi connectivity index (χ2v) is 8.44. The zero-order valence-electron chi connectivity index (χ0n) is 19.7. The van der Waals surface area contributed by atoms with Gasteiger partial charge in [-0.25, -0.2) is 0 Å². The molecule has 1 N–H and O–H groups in total. The average Bonchev–Trinajstić information content (AvgIpc) is 2.61. The van der Waals surface area contributed by atoms with Crippen LogP contribution in [0.2, 0.25) is 0 Å². The Kier molecular flexibility index (Phi) is 16.4. The third kappa shape index (κ3) is 16.7. The molecule has 0 saturated heterocycles. The van der Waals surface area contributed by atoms with Gasteiger partial charge in [0.25, 0.3) is 0 Å². The first-order chi connectivity index (χ1) is 13.2. The summed E-state index contributed by atoms with van der Waals surface area (Å²) in [6, 6.07) is 0. The number of nitrogens with one attached hydrogen (secondary N) is 1. The fourth-order valence-electron chi connectivity index (χ4n) is 2.45. The summed E-state index contributed by atoms with van der Waals surface area (Å²) in [5.41, 5.74) is -0.265. The SMILES string of the molecule is CCC(COC(C)C)OC(COCCCNC)COC(C)(C)CCOC(C)C. The van der Waals surface area contributed by atoms with Gasteiger partial charge in [0.05, 0.1) is 43.7 Å². The second kappa shape index (κ2) is 16.5. The van der Waals surface area contributed by atoms with Crippen LogP contribution < -0.4 is 5.32 Å². The maximum atomic E-state index is 6.27. The Morgan fingerprint density at radius 2 is 1.54 bits per heavy atom. The highest BCUT2D eigenvalue weighted by atomic mass is 16.6. The molecule has 0 aliphatic carbocycles. The zero-order valence-corrected chi connectivity index (χ0v) is 19.7. The van der Waals surface area contributed by atoms with Crippen molar-refractivity contribution in [3.8, 4) is 0 Å². The van der Waals surface area contributed by atoms with Gasteiger partial charge in [0.2, 0.25) is 0 Å². The van der Waals surface area contributed by atoms with Crippen LogP contribution in [0, 0.1) is 0 Å². The smallest absolute Gasteiger partial charge is 0.105 e. The lowest BCUT2D eigenvalue weighted by Gasteiger charge is -2.30. The minimum Gasteiger partial charge on any atom is -0.379 e. The van der Waals surface area contributed by atoms with E-state index in [1.54, 1.807) is 0 Å². The number of hydrogen-bond donors (Lipinski definition) is 1. The molecule has 170 valence electrons. The molecule has 0 aromatic rings. The van der Waals surface area contributed by atoms with Crippen LogP contribution in [0.3, 0.4) is 0 Å². The van der Waals surface area contributed by atoms with Crippen molar-refractivity contribution >= 4 is 0 Å². The van der Waals surface area contributed by atoms with Gasteiger partial charge in [0.1, 0.15) is 6.10 Å². The van der Waals surface area contributed by atoms with Gasteiger partial charge in [-0.1, -0.05) is 6.92 Å². The molecule has 0 spiro atoms. The van der Waals surface area contributed by atoms with Gasteiger partial charge in [-0.3, -0.25) is 0 Å². The van der Waals surface area contributed by atoms with Crippen LogP contribution in [0.15, 0.2) is 0 Å². The maximum Gasteiger partial charge on any atom is 0.105 e. The summed E-state index contributed by atoms with van der Waals surface area (Å²) >= 11 is 0. The van der Waals surface area contributed by atoms with Gasteiger partial charge < -0.3 is 29.0 Å². The molecular weight excluding hydrogens is 358 g/mol. The molecule has 0 aliphatic heterocycles. The molecule has 0 aliphatic rings. The number of ether oxygens (including phenoxy) is 5. The Hall–Kier alpha value is -0.240. The van der Waals surface area contributed by atoms with E-state index in [1.807, 2.05) is 34.7 Å². The molecule has 0 rings (SSSR count). The van der Waals surface area contributed by atoms with Crippen molar-refractivity contribution in [2.24, 2.45) is 0 Å². The number of rotatable bonds is 19. The van der Waals surface area contributed by atoms with Gasteiger partial charge in [0.15, 0.2) is 0 Å². The third-order valence-electron chi connectivity index (χ3n) is 4.29. The predicted octanol–water partition coefficient (Wildman–Crippen LogP) is 3.81. The molecule has 0 fully saturated rings. The average molecular weight is 406 g/mol. The van der Waals surface area contributed by atoms with Crippen molar-refractivity contribution in [1.29, 1.82) is 0 Å². The van der Waals surface area contributed by atoms with Crippen LogP contribution in [-0.4, -0.2) is 76.6 Å². The Balaban J connectivity index is 4.55. The summed E-state index contributed by atoms with van der Waals surface area (Å²) in [4.78, 5) is 0. The summed E-state index contributed by atoms with van der Waals surface area (Å²) in [6.45, 7) is 18.5. The van der Waals surface area contributed by atoms with Crippen LogP contribution in [0.5, 0.6) is 0 Å². The Morgan fingerprint density at radius 1 is 0.857 bits per heavy atom. The summed E-state index contributed by atoms with van der Waals surface area (Å²) in [5, 5.41) is 3.13. The van der Waals surface area contributed by atoms with E-state index in [0.717, 1.165) is 25.8 Å². The standard InChI is InChI=1S/C22H47NO5/c1-9-20(16-26-19(4)5)28-21(15-24-13-10-12-23-8)17-27-22(6,7)11-14-25-18(2)3/h18-21,23H,9-17H2,1-8H3. The second-order valence-electron chi connectivity index (χ2n) is 8.44. The monoisotopic (exact) mass is 405 g/mol. The van der Waals surface area contributed by atoms with Crippen molar-refractivity contribution in [1.82, 2.24) is 5.32 Å². The van der Waals surface area contributed by atoms with E-state index in [4.69, 9.17) is 23.7 Å². The van der Waals surface area contributed by atoms with E-state index < -0.39 is 0 Å². The topological polar surface area (TPSA) is 58.2 Å². The van der Waals surface area contributed by atoms with Gasteiger partial charge in [0, 0.05) is 13.2 Å². The third-order valence-corrected chi connectivity index (χ3v) is 4.29. The molecule has 2 unspecified atom stereocenters. The van der Waals surface area contributed by atoms with Crippen LogP contribution in [0.25, 0.3) is 0 Å². The summed E-state index contributed by atoms with van der Waals surface area (Å²) in [5.74, 6) is 0. The zero-order chi connectivity index (χ0) is 21.4. The van der Waals surface area contributed by atoms with Crippen molar-refractivity contribution < 1.29 is 23.7 Å². The first kappa shape index (κ1) is 27.8. The fourth-order valence-corrected chi connectivity index (χ4v) is 2.45. The number of hydrogen-bond acceptors (Lipinski definition) is 6. The normalized spacial score (nSPS) is 14.8. The minimum absolute atomic E-state index is 0.0456. The molecule has 0 aromatic carbocycles. The molecule has 6 nitrogen and oxygen atoms in total. The summed E-state index contributed by atoms with van der Waals surface area (Å²) < 4.78 is 29.7. The first-order valence-electron chi connectivity index (χ1n) is 10.9. The first-order valence-corrected chi connectivity index (χ1v) is 10.9. The van der Waals surface area contributed by atoms with Gasteiger partial charge in [-0.2, -0.15) is 0 Å². The van der Waals surface area contributed by atoms with E-state index in [2.05, 4.69) is 26.1 Å². The molecular formula is C22H47NO5. The molecule has 0 heterocycles. The quantitative estimate of drug-likeness (QED) is 0.330. The summed E-state index contributed by atoms with van der Waals surface area (Å²) in [7, 11) is 1.95. The Morgan fingerprint density at radius 3 is 2.11 bits per heavy atom. The van der Waals surface area contributed by atoms with Crippen LogP contribution in [-0.2, 0) is 23.7 Å². The Bertz CT molecular complexity index is 350. The van der Waals surface area contributed by atoms with Crippen molar-refractivity contribution in [3.05, 3.63) is 0 Å². The highest BCUT2D eigenvalue weighted by Crippen LogP contribution is 2.17. The molecule has 6 heteroatoms. The van der Waals surface area contributed by atoms with Crippen LogP contribution >= 0.6 is 0 Å². The van der Waals surface area contributed by atoms with Crippen molar-refractivity contribution in [3.63, 3.8) is 0 Å². The lowest BCUT2D eigenvalue weighted by Crippen LogP contribution is -2.37. The van der Waals surface area contributed by atoms with E-state index >= 15 is 0 Å². The van der Waals surface area contributed by atoms with Gasteiger partial charge in [-0.15, -0.1) is 0 Å². The van der Waals surface area contributed by atoms with E-state index in [1.165, 1.54) is 0 Å². The highest BCUT2D eigenvalue weighted by molar-refractivity contribution is 4.71. The fraction of sp³-hybridized carbons (Fsp3) is 1.00. The summed E-state index contributed by atoms with van der Waals surface area (Å²) in [6.07, 6.45) is 3.10. The lowest BCUT2D eigenvalue weighted by molar-refractivity contribution is -0.143. The molecule has 0 amide bonds. The maximum absolute atomic E-state index is 6.27. The minimum atomic E-state index is -0.265. The molecule has 0 aromatic heterocycles. The molecule has 0 radical (unpaired) electrons.